The van der Waals surface area contributed by atoms with Crippen LogP contribution >= 0.6 is 23.2 Å². The van der Waals surface area contributed by atoms with Gasteiger partial charge in [0.2, 0.25) is 0 Å². The number of hydrogen-bond donors (Lipinski definition) is 1. The molecular weight excluding hydrogens is 319 g/mol. The van der Waals surface area contributed by atoms with E-state index in [4.69, 9.17) is 27.9 Å². The molecule has 1 aromatic rings. The van der Waals surface area contributed by atoms with Crippen LogP contribution in [0.1, 0.15) is 39.2 Å². The normalized spacial score (nSPS) is 19.1. The summed E-state index contributed by atoms with van der Waals surface area (Å²) in [5.41, 5.74) is 1.02. The second kappa shape index (κ2) is 8.39. The summed E-state index contributed by atoms with van der Waals surface area (Å²) in [6.07, 6.45) is 2.65. The Morgan fingerprint density at radius 1 is 1.36 bits per heavy atom. The minimum absolute atomic E-state index is 0.0860. The molecule has 1 N–H and O–H groups in total. The Labute approximate surface area is 143 Å². The minimum Gasteiger partial charge on any atom is -0.489 e. The van der Waals surface area contributed by atoms with Crippen molar-refractivity contribution in [3.8, 4) is 5.75 Å². The summed E-state index contributed by atoms with van der Waals surface area (Å²) in [4.78, 5) is 2.53. The number of likely N-dealkylation sites (tertiary alicyclic amines) is 1. The molecule has 0 aliphatic carbocycles. The maximum absolute atomic E-state index is 6.28. The average molecular weight is 345 g/mol. The summed E-state index contributed by atoms with van der Waals surface area (Å²) >= 11 is 12.4. The lowest BCUT2D eigenvalue weighted by molar-refractivity contribution is 0.238. The molecule has 1 fully saturated rings. The first-order valence-electron chi connectivity index (χ1n) is 8.10. The fourth-order valence-corrected chi connectivity index (χ4v) is 3.61. The lowest BCUT2D eigenvalue weighted by Crippen LogP contribution is -2.37. The molecule has 1 aliphatic heterocycles. The summed E-state index contributed by atoms with van der Waals surface area (Å²) < 4.78 is 5.85. The predicted molar refractivity (Wildman–Crippen MR) is 94.2 cm³/mol. The first-order valence-corrected chi connectivity index (χ1v) is 8.86. The standard InChI is InChI=1S/C17H26Cl2N2O/c1-4-21-7-5-6-15(21)11-20-10-13-8-14(18)9-16(19)17(13)22-12(2)3/h8-9,12,15,20H,4-7,10-11H2,1-3H3/t15-/m0/s1. The molecule has 5 heteroatoms. The summed E-state index contributed by atoms with van der Waals surface area (Å²) in [5.74, 6) is 0.743. The van der Waals surface area contributed by atoms with Gasteiger partial charge in [-0.05, 0) is 51.9 Å². The molecule has 0 saturated carbocycles. The van der Waals surface area contributed by atoms with Gasteiger partial charge in [0.25, 0.3) is 0 Å². The zero-order valence-electron chi connectivity index (χ0n) is 13.7. The summed E-state index contributed by atoms with van der Waals surface area (Å²) in [7, 11) is 0. The molecule has 0 bridgehead atoms. The third-order valence-electron chi connectivity index (χ3n) is 4.04. The molecule has 2 rings (SSSR count). The number of ether oxygens (including phenoxy) is 1. The Bertz CT molecular complexity index is 494. The molecule has 1 atom stereocenters. The largest absolute Gasteiger partial charge is 0.489 e. The molecule has 0 amide bonds. The van der Waals surface area contributed by atoms with Crippen molar-refractivity contribution in [1.82, 2.24) is 10.2 Å². The first kappa shape index (κ1) is 17.9. The Hall–Kier alpha value is -0.480. The Morgan fingerprint density at radius 2 is 2.14 bits per heavy atom. The van der Waals surface area contributed by atoms with Crippen LogP contribution in [0, 0.1) is 0 Å². The van der Waals surface area contributed by atoms with Crippen LogP contribution in [0.15, 0.2) is 12.1 Å². The SMILES string of the molecule is CCN1CCC[C@H]1CNCc1cc(Cl)cc(Cl)c1OC(C)C. The van der Waals surface area contributed by atoms with Crippen LogP contribution in [0.25, 0.3) is 0 Å². The van der Waals surface area contributed by atoms with E-state index in [1.807, 2.05) is 19.9 Å². The smallest absolute Gasteiger partial charge is 0.142 e. The number of rotatable bonds is 7. The Morgan fingerprint density at radius 3 is 2.82 bits per heavy atom. The van der Waals surface area contributed by atoms with Crippen molar-refractivity contribution in [2.24, 2.45) is 0 Å². The van der Waals surface area contributed by atoms with E-state index in [9.17, 15) is 0 Å². The zero-order valence-corrected chi connectivity index (χ0v) is 15.2. The van der Waals surface area contributed by atoms with Crippen LogP contribution in [0.4, 0.5) is 0 Å². The van der Waals surface area contributed by atoms with Crippen LogP contribution in [0.5, 0.6) is 5.75 Å². The van der Waals surface area contributed by atoms with E-state index in [-0.39, 0.29) is 6.10 Å². The van der Waals surface area contributed by atoms with Crippen LogP contribution in [-0.2, 0) is 6.54 Å². The molecule has 0 radical (unpaired) electrons. The molecule has 22 heavy (non-hydrogen) atoms. The van der Waals surface area contributed by atoms with Crippen LogP contribution in [-0.4, -0.2) is 36.7 Å². The van der Waals surface area contributed by atoms with Crippen LogP contribution < -0.4 is 10.1 Å². The number of likely N-dealkylation sites (N-methyl/N-ethyl adjacent to an activating group) is 1. The predicted octanol–water partition coefficient (Wildman–Crippen LogP) is 4.35. The van der Waals surface area contributed by atoms with Gasteiger partial charge < -0.3 is 10.1 Å². The number of benzene rings is 1. The van der Waals surface area contributed by atoms with E-state index in [1.54, 1.807) is 6.07 Å². The Kier molecular flexibility index (Phi) is 6.82. The van der Waals surface area contributed by atoms with E-state index in [0.29, 0.717) is 16.1 Å². The van der Waals surface area contributed by atoms with Crippen molar-refractivity contribution < 1.29 is 4.74 Å². The molecular formula is C17H26Cl2N2O. The Balaban J connectivity index is 1.99. The topological polar surface area (TPSA) is 24.5 Å². The lowest BCUT2D eigenvalue weighted by atomic mass is 10.1. The van der Waals surface area contributed by atoms with Gasteiger partial charge in [-0.15, -0.1) is 0 Å². The average Bonchev–Trinajstić information content (AvgIpc) is 2.89. The van der Waals surface area contributed by atoms with Gasteiger partial charge in [0.1, 0.15) is 5.75 Å². The highest BCUT2D eigenvalue weighted by Gasteiger charge is 2.22. The van der Waals surface area contributed by atoms with E-state index in [2.05, 4.69) is 17.1 Å². The van der Waals surface area contributed by atoms with Gasteiger partial charge in [-0.25, -0.2) is 0 Å². The van der Waals surface area contributed by atoms with Crippen molar-refractivity contribution in [1.29, 1.82) is 0 Å². The second-order valence-corrected chi connectivity index (χ2v) is 6.94. The van der Waals surface area contributed by atoms with Gasteiger partial charge >= 0.3 is 0 Å². The maximum Gasteiger partial charge on any atom is 0.142 e. The molecule has 3 nitrogen and oxygen atoms in total. The third kappa shape index (κ3) is 4.76. The second-order valence-electron chi connectivity index (χ2n) is 6.10. The number of hydrogen-bond acceptors (Lipinski definition) is 3. The van der Waals surface area contributed by atoms with Crippen molar-refractivity contribution in [3.05, 3.63) is 27.7 Å². The van der Waals surface area contributed by atoms with Gasteiger partial charge in [-0.3, -0.25) is 4.90 Å². The fourth-order valence-electron chi connectivity index (χ4n) is 3.03. The van der Waals surface area contributed by atoms with Crippen LogP contribution in [0.2, 0.25) is 10.0 Å². The molecule has 1 heterocycles. The van der Waals surface area contributed by atoms with Crippen molar-refractivity contribution in [2.75, 3.05) is 19.6 Å². The molecule has 124 valence electrons. The molecule has 0 aromatic heterocycles. The lowest BCUT2D eigenvalue weighted by Gasteiger charge is -2.23. The molecule has 1 saturated heterocycles. The van der Waals surface area contributed by atoms with Gasteiger partial charge in [0.05, 0.1) is 11.1 Å². The van der Waals surface area contributed by atoms with E-state index in [1.165, 1.54) is 19.4 Å². The highest BCUT2D eigenvalue weighted by atomic mass is 35.5. The van der Waals surface area contributed by atoms with Gasteiger partial charge in [0.15, 0.2) is 0 Å². The molecule has 0 unspecified atom stereocenters. The van der Waals surface area contributed by atoms with Gasteiger partial charge in [0, 0.05) is 29.7 Å². The van der Waals surface area contributed by atoms with E-state index in [0.717, 1.165) is 30.9 Å². The van der Waals surface area contributed by atoms with Crippen LogP contribution in [0.3, 0.4) is 0 Å². The maximum atomic E-state index is 6.28. The molecule has 1 aromatic carbocycles. The summed E-state index contributed by atoms with van der Waals surface area (Å²) in [6, 6.07) is 4.30. The number of nitrogens with zero attached hydrogens (tertiary/aromatic N) is 1. The van der Waals surface area contributed by atoms with Gasteiger partial charge in [-0.1, -0.05) is 30.1 Å². The number of nitrogens with one attached hydrogen (secondary N) is 1. The van der Waals surface area contributed by atoms with Crippen molar-refractivity contribution in [2.45, 2.75) is 52.3 Å². The molecule has 0 spiro atoms. The summed E-state index contributed by atoms with van der Waals surface area (Å²) in [5, 5.41) is 4.76. The van der Waals surface area contributed by atoms with Crippen molar-refractivity contribution in [3.63, 3.8) is 0 Å². The summed E-state index contributed by atoms with van der Waals surface area (Å²) in [6.45, 7) is 10.3. The first-order chi connectivity index (χ1) is 10.5. The minimum atomic E-state index is 0.0860. The van der Waals surface area contributed by atoms with E-state index < -0.39 is 0 Å². The van der Waals surface area contributed by atoms with E-state index >= 15 is 0 Å². The highest BCUT2D eigenvalue weighted by Crippen LogP contribution is 2.33. The number of halogens is 2. The molecule has 1 aliphatic rings. The highest BCUT2D eigenvalue weighted by molar-refractivity contribution is 6.35. The zero-order chi connectivity index (χ0) is 16.1. The third-order valence-corrected chi connectivity index (χ3v) is 4.54. The quantitative estimate of drug-likeness (QED) is 0.795. The monoisotopic (exact) mass is 344 g/mol. The van der Waals surface area contributed by atoms with Gasteiger partial charge in [-0.2, -0.15) is 0 Å². The van der Waals surface area contributed by atoms with Crippen molar-refractivity contribution >= 4 is 23.2 Å². The fraction of sp³-hybridized carbons (Fsp3) is 0.647.